The van der Waals surface area contributed by atoms with Crippen molar-refractivity contribution in [2.75, 3.05) is 6.54 Å². The van der Waals surface area contributed by atoms with Crippen LogP contribution in [0.2, 0.25) is 0 Å². The van der Waals surface area contributed by atoms with E-state index in [1.54, 1.807) is 18.2 Å². The Balaban J connectivity index is 1.75. The molecule has 3 aromatic rings. The molecule has 1 aliphatic rings. The van der Waals surface area contributed by atoms with Crippen molar-refractivity contribution < 1.29 is 23.8 Å². The Morgan fingerprint density at radius 2 is 2.10 bits per heavy atom. The molecule has 2 unspecified atom stereocenters. The summed E-state index contributed by atoms with van der Waals surface area (Å²) in [5, 5.41) is 20.2. The van der Waals surface area contributed by atoms with Crippen LogP contribution in [0.5, 0.6) is 0 Å². The zero-order chi connectivity index (χ0) is 22.2. The van der Waals surface area contributed by atoms with E-state index in [1.807, 2.05) is 30.3 Å². The summed E-state index contributed by atoms with van der Waals surface area (Å²) in [6.07, 6.45) is -1.33. The van der Waals surface area contributed by atoms with Crippen molar-refractivity contribution in [1.29, 1.82) is 5.26 Å². The van der Waals surface area contributed by atoms with Crippen LogP contribution in [-0.2, 0) is 4.79 Å². The van der Waals surface area contributed by atoms with E-state index in [2.05, 4.69) is 20.0 Å². The van der Waals surface area contributed by atoms with Gasteiger partial charge in [-0.3, -0.25) is 18.6 Å². The number of nitriles is 1. The Labute approximate surface area is 178 Å². The highest BCUT2D eigenvalue weighted by atomic mass is 32.3. The molecule has 0 saturated carbocycles. The lowest BCUT2D eigenvalue weighted by Gasteiger charge is -2.33. The number of hydrogen-bond acceptors (Lipinski definition) is 6. The molecule has 160 valence electrons. The van der Waals surface area contributed by atoms with Gasteiger partial charge in [0.05, 0.1) is 35.0 Å². The summed E-state index contributed by atoms with van der Waals surface area (Å²) in [6.45, 7) is 0.0119. The number of carbonyl (C=O) groups excluding carboxylic acids is 1. The van der Waals surface area contributed by atoms with E-state index in [-0.39, 0.29) is 18.5 Å². The zero-order valence-corrected chi connectivity index (χ0v) is 16.9. The summed E-state index contributed by atoms with van der Waals surface area (Å²) in [6, 6.07) is 14.2. The number of imidazole rings is 1. The molecule has 1 aliphatic heterocycles. The topological polar surface area (TPSA) is 171 Å². The molecule has 2 heterocycles. The monoisotopic (exact) mass is 441 g/mol. The van der Waals surface area contributed by atoms with Gasteiger partial charge in [-0.25, -0.2) is 9.78 Å². The van der Waals surface area contributed by atoms with Crippen LogP contribution in [-0.4, -0.2) is 42.7 Å². The van der Waals surface area contributed by atoms with Gasteiger partial charge < -0.3 is 15.4 Å². The van der Waals surface area contributed by atoms with Crippen LogP contribution in [0.25, 0.3) is 11.0 Å². The van der Waals surface area contributed by atoms with E-state index in [9.17, 15) is 24.0 Å². The third kappa shape index (κ3) is 4.04. The van der Waals surface area contributed by atoms with Crippen molar-refractivity contribution in [2.45, 2.75) is 17.6 Å². The van der Waals surface area contributed by atoms with Crippen molar-refractivity contribution in [3.05, 3.63) is 65.0 Å². The Morgan fingerprint density at radius 1 is 1.32 bits per heavy atom. The maximum Gasteiger partial charge on any atom is 0.404 e. The number of carbonyl (C=O) groups is 2. The average molecular weight is 441 g/mol. The number of H-pyrrole nitrogens is 1. The smallest absolute Gasteiger partial charge is 0.404 e. The molecule has 0 aliphatic carbocycles. The second kappa shape index (κ2) is 7.92. The minimum atomic E-state index is -3.41. The molecule has 6 N–H and O–H groups in total. The SMILES string of the molecule is N#Cc1cc(C(CNC(=O)O)c2nc3ccccc3[nH]2)ccc1C1CC(=O)NS1(O)O. The molecule has 2 atom stereocenters. The lowest BCUT2D eigenvalue weighted by Crippen LogP contribution is -2.27. The fourth-order valence-corrected chi connectivity index (χ4v) is 5.22. The molecule has 2 aromatic carbocycles. The molecule has 1 saturated heterocycles. The zero-order valence-electron chi connectivity index (χ0n) is 16.1. The molecule has 31 heavy (non-hydrogen) atoms. The Morgan fingerprint density at radius 3 is 2.74 bits per heavy atom. The van der Waals surface area contributed by atoms with Gasteiger partial charge >= 0.3 is 6.09 Å². The second-order valence-corrected chi connectivity index (χ2v) is 9.11. The Kier molecular flexibility index (Phi) is 5.28. The van der Waals surface area contributed by atoms with Gasteiger partial charge in [0.25, 0.3) is 0 Å². The number of aromatic amines is 1. The minimum Gasteiger partial charge on any atom is -0.465 e. The van der Waals surface area contributed by atoms with E-state index < -0.39 is 33.9 Å². The summed E-state index contributed by atoms with van der Waals surface area (Å²) >= 11 is 0. The highest BCUT2D eigenvalue weighted by molar-refractivity contribution is 8.23. The normalized spacial score (nSPS) is 19.4. The first-order valence-electron chi connectivity index (χ1n) is 9.31. The number of nitrogens with zero attached hydrogens (tertiary/aromatic N) is 2. The van der Waals surface area contributed by atoms with E-state index in [0.717, 1.165) is 11.0 Å². The van der Waals surface area contributed by atoms with Crippen molar-refractivity contribution in [3.8, 4) is 6.07 Å². The first kappa shape index (κ1) is 20.7. The van der Waals surface area contributed by atoms with Crippen LogP contribution in [0.4, 0.5) is 4.79 Å². The summed E-state index contributed by atoms with van der Waals surface area (Å²) in [4.78, 5) is 30.5. The van der Waals surface area contributed by atoms with E-state index in [0.29, 0.717) is 17.0 Å². The standard InChI is InChI=1S/C20H19N5O5S/c21-9-12-7-11(5-6-13(12)17-8-18(26)25-31(17,29)30)14(10-22-20(27)28)19-23-15-3-1-2-4-16(15)24-19/h1-7,14,17,22,29-30H,8,10H2,(H,23,24)(H,25,26)(H,27,28). The number of carboxylic acid groups (broad SMARTS) is 1. The predicted molar refractivity (Wildman–Crippen MR) is 113 cm³/mol. The van der Waals surface area contributed by atoms with Gasteiger partial charge in [0.1, 0.15) is 11.1 Å². The average Bonchev–Trinajstić information content (AvgIpc) is 3.26. The van der Waals surface area contributed by atoms with Crippen molar-refractivity contribution in [3.63, 3.8) is 0 Å². The quantitative estimate of drug-likeness (QED) is 0.353. The van der Waals surface area contributed by atoms with Crippen LogP contribution in [0, 0.1) is 11.3 Å². The molecule has 1 aromatic heterocycles. The number of hydrogen-bond donors (Lipinski definition) is 6. The van der Waals surface area contributed by atoms with Crippen LogP contribution in [0.15, 0.2) is 42.5 Å². The molecule has 4 rings (SSSR count). The highest BCUT2D eigenvalue weighted by Crippen LogP contribution is 2.56. The van der Waals surface area contributed by atoms with Crippen molar-refractivity contribution in [2.24, 2.45) is 0 Å². The van der Waals surface area contributed by atoms with Gasteiger partial charge in [0.15, 0.2) is 0 Å². The number of amides is 2. The number of aromatic nitrogens is 2. The lowest BCUT2D eigenvalue weighted by molar-refractivity contribution is -0.118. The molecule has 1 fully saturated rings. The molecule has 0 spiro atoms. The lowest BCUT2D eigenvalue weighted by atomic mass is 9.92. The molecule has 0 radical (unpaired) electrons. The second-order valence-electron chi connectivity index (χ2n) is 7.15. The molecule has 0 bridgehead atoms. The molecular weight excluding hydrogens is 422 g/mol. The molecule has 10 nitrogen and oxygen atoms in total. The van der Waals surface area contributed by atoms with Crippen LogP contribution in [0.3, 0.4) is 0 Å². The first-order valence-corrected chi connectivity index (χ1v) is 10.9. The number of rotatable bonds is 5. The Hall–Kier alpha value is -3.59. The highest BCUT2D eigenvalue weighted by Gasteiger charge is 2.39. The maximum atomic E-state index is 11.7. The van der Waals surface area contributed by atoms with Gasteiger partial charge in [-0.05, 0) is 29.3 Å². The third-order valence-corrected chi connectivity index (χ3v) is 6.92. The first-order chi connectivity index (χ1) is 14.8. The maximum absolute atomic E-state index is 11.7. The van der Waals surface area contributed by atoms with Gasteiger partial charge in [-0.15, -0.1) is 10.8 Å². The predicted octanol–water partition coefficient (Wildman–Crippen LogP) is 3.06. The van der Waals surface area contributed by atoms with Gasteiger partial charge in [-0.1, -0.05) is 24.3 Å². The van der Waals surface area contributed by atoms with E-state index >= 15 is 0 Å². The van der Waals surface area contributed by atoms with Gasteiger partial charge in [0, 0.05) is 6.54 Å². The van der Waals surface area contributed by atoms with Crippen molar-refractivity contribution in [1.82, 2.24) is 20.0 Å². The molecule has 2 amide bonds. The number of nitrogens with one attached hydrogen (secondary N) is 3. The summed E-state index contributed by atoms with van der Waals surface area (Å²) in [5.74, 6) is -0.495. The van der Waals surface area contributed by atoms with E-state index in [1.165, 1.54) is 0 Å². The van der Waals surface area contributed by atoms with Crippen LogP contribution < -0.4 is 10.0 Å². The fraction of sp³-hybridized carbons (Fsp3) is 0.200. The third-order valence-electron chi connectivity index (χ3n) is 5.17. The number of benzene rings is 2. The fourth-order valence-electron chi connectivity index (χ4n) is 3.72. The number of para-hydroxylation sites is 2. The van der Waals surface area contributed by atoms with Crippen LogP contribution >= 0.6 is 10.8 Å². The summed E-state index contributed by atoms with van der Waals surface area (Å²) in [7, 11) is -3.41. The van der Waals surface area contributed by atoms with E-state index in [4.69, 9.17) is 5.11 Å². The minimum absolute atomic E-state index is 0.0119. The van der Waals surface area contributed by atoms with Gasteiger partial charge in [-0.2, -0.15) is 5.26 Å². The molecular formula is C20H19N5O5S. The Bertz CT molecular complexity index is 1190. The van der Waals surface area contributed by atoms with Crippen LogP contribution in [0.1, 0.15) is 40.1 Å². The van der Waals surface area contributed by atoms with Gasteiger partial charge in [0.2, 0.25) is 5.91 Å². The molecule has 11 heteroatoms. The largest absolute Gasteiger partial charge is 0.465 e. The van der Waals surface area contributed by atoms with Crippen molar-refractivity contribution >= 4 is 33.8 Å². The number of fused-ring (bicyclic) bond motifs is 1. The summed E-state index contributed by atoms with van der Waals surface area (Å²) in [5.41, 5.74) is 2.65. The summed E-state index contributed by atoms with van der Waals surface area (Å²) < 4.78 is 22.5.